The van der Waals surface area contributed by atoms with Crippen LogP contribution in [0.2, 0.25) is 0 Å². The molecule has 0 radical (unpaired) electrons. The Labute approximate surface area is 171 Å². The van der Waals surface area contributed by atoms with Crippen molar-refractivity contribution in [3.63, 3.8) is 0 Å². The minimum atomic E-state index is -0.225. The average Bonchev–Trinajstić information content (AvgIpc) is 2.75. The van der Waals surface area contributed by atoms with Crippen LogP contribution in [0.25, 0.3) is 0 Å². The number of carbonyl (C=O) groups excluding carboxylic acids is 1. The third-order valence-corrected chi connectivity index (χ3v) is 5.50. The Morgan fingerprint density at radius 1 is 0.931 bits per heavy atom. The maximum atomic E-state index is 13.6. The van der Waals surface area contributed by atoms with Gasteiger partial charge in [-0.05, 0) is 47.7 Å². The van der Waals surface area contributed by atoms with E-state index in [4.69, 9.17) is 0 Å². The number of amides is 1. The van der Waals surface area contributed by atoms with Crippen LogP contribution < -0.4 is 5.32 Å². The molecular formula is C25H25FN2O. The van der Waals surface area contributed by atoms with Gasteiger partial charge in [-0.1, -0.05) is 60.7 Å². The minimum Gasteiger partial charge on any atom is -0.326 e. The van der Waals surface area contributed by atoms with E-state index >= 15 is 0 Å². The van der Waals surface area contributed by atoms with Crippen LogP contribution in [-0.2, 0) is 11.3 Å². The van der Waals surface area contributed by atoms with Crippen LogP contribution in [0.15, 0.2) is 84.9 Å². The molecule has 1 N–H and O–H groups in total. The summed E-state index contributed by atoms with van der Waals surface area (Å²) >= 11 is 0. The first-order valence-corrected chi connectivity index (χ1v) is 10.0. The van der Waals surface area contributed by atoms with Crippen molar-refractivity contribution in [2.75, 3.05) is 18.4 Å². The van der Waals surface area contributed by atoms with E-state index in [1.807, 2.05) is 54.6 Å². The van der Waals surface area contributed by atoms with E-state index in [-0.39, 0.29) is 23.6 Å². The topological polar surface area (TPSA) is 32.3 Å². The van der Waals surface area contributed by atoms with Crippen molar-refractivity contribution in [2.24, 2.45) is 5.92 Å². The zero-order chi connectivity index (χ0) is 20.1. The molecule has 1 aliphatic heterocycles. The summed E-state index contributed by atoms with van der Waals surface area (Å²) in [6.07, 6.45) is 0.808. The van der Waals surface area contributed by atoms with Crippen molar-refractivity contribution >= 4 is 11.6 Å². The molecule has 1 aliphatic rings. The first-order valence-electron chi connectivity index (χ1n) is 10.0. The van der Waals surface area contributed by atoms with E-state index < -0.39 is 0 Å². The fraction of sp³-hybridized carbons (Fsp3) is 0.240. The molecule has 0 aromatic heterocycles. The molecule has 0 aliphatic carbocycles. The van der Waals surface area contributed by atoms with Crippen LogP contribution >= 0.6 is 0 Å². The number of piperidine rings is 1. The maximum Gasteiger partial charge on any atom is 0.228 e. The van der Waals surface area contributed by atoms with E-state index in [1.165, 1.54) is 11.6 Å². The van der Waals surface area contributed by atoms with Crippen LogP contribution in [0.1, 0.15) is 23.5 Å². The standard InChI is InChI=1S/C25H25FN2O/c26-23-11-7-8-19(14-23)16-28-17-21(20-9-3-1-4-10-20)15-22(18-28)25(29)27-24-12-5-2-6-13-24/h1-14,21-22H,15-18H2,(H,27,29). The maximum absolute atomic E-state index is 13.6. The highest BCUT2D eigenvalue weighted by molar-refractivity contribution is 5.92. The van der Waals surface area contributed by atoms with Crippen molar-refractivity contribution in [3.8, 4) is 0 Å². The van der Waals surface area contributed by atoms with Crippen LogP contribution in [0.3, 0.4) is 0 Å². The number of anilines is 1. The number of para-hydroxylation sites is 1. The van der Waals surface area contributed by atoms with E-state index in [9.17, 15) is 9.18 Å². The number of likely N-dealkylation sites (tertiary alicyclic amines) is 1. The van der Waals surface area contributed by atoms with Gasteiger partial charge in [0, 0.05) is 25.3 Å². The molecule has 2 unspecified atom stereocenters. The number of rotatable bonds is 5. The number of benzene rings is 3. The van der Waals surface area contributed by atoms with Gasteiger partial charge in [0.1, 0.15) is 5.82 Å². The number of carbonyl (C=O) groups is 1. The molecule has 148 valence electrons. The van der Waals surface area contributed by atoms with Crippen LogP contribution in [0.5, 0.6) is 0 Å². The van der Waals surface area contributed by atoms with Crippen molar-refractivity contribution in [1.82, 2.24) is 4.90 Å². The SMILES string of the molecule is O=C(Nc1ccccc1)C1CC(c2ccccc2)CN(Cc2cccc(F)c2)C1. The van der Waals surface area contributed by atoms with Gasteiger partial charge in [0.15, 0.2) is 0 Å². The molecule has 3 aromatic carbocycles. The fourth-order valence-corrected chi connectivity index (χ4v) is 4.14. The second-order valence-corrected chi connectivity index (χ2v) is 7.72. The first-order chi connectivity index (χ1) is 14.2. The first kappa shape index (κ1) is 19.3. The highest BCUT2D eigenvalue weighted by atomic mass is 19.1. The van der Waals surface area contributed by atoms with Crippen LogP contribution in [0.4, 0.5) is 10.1 Å². The number of hydrogen-bond donors (Lipinski definition) is 1. The highest BCUT2D eigenvalue weighted by Crippen LogP contribution is 2.32. The van der Waals surface area contributed by atoms with E-state index in [2.05, 4.69) is 22.3 Å². The van der Waals surface area contributed by atoms with Crippen molar-refractivity contribution < 1.29 is 9.18 Å². The van der Waals surface area contributed by atoms with Gasteiger partial charge < -0.3 is 5.32 Å². The van der Waals surface area contributed by atoms with Gasteiger partial charge in [-0.25, -0.2) is 4.39 Å². The lowest BCUT2D eigenvalue weighted by Gasteiger charge is -2.37. The summed E-state index contributed by atoms with van der Waals surface area (Å²) in [5.41, 5.74) is 2.99. The van der Waals surface area contributed by atoms with Crippen molar-refractivity contribution in [1.29, 1.82) is 0 Å². The van der Waals surface area contributed by atoms with Crippen molar-refractivity contribution in [2.45, 2.75) is 18.9 Å². The lowest BCUT2D eigenvalue weighted by molar-refractivity contribution is -0.121. The quantitative estimate of drug-likeness (QED) is 0.662. The van der Waals surface area contributed by atoms with E-state index in [0.29, 0.717) is 13.1 Å². The Morgan fingerprint density at radius 3 is 2.38 bits per heavy atom. The molecule has 0 spiro atoms. The van der Waals surface area contributed by atoms with Crippen molar-refractivity contribution in [3.05, 3.63) is 102 Å². The van der Waals surface area contributed by atoms with Gasteiger partial charge in [-0.15, -0.1) is 0 Å². The number of halogens is 1. The second kappa shape index (κ2) is 9.01. The summed E-state index contributed by atoms with van der Waals surface area (Å²) in [6.45, 7) is 2.16. The Morgan fingerprint density at radius 2 is 1.66 bits per heavy atom. The largest absolute Gasteiger partial charge is 0.326 e. The minimum absolute atomic E-state index is 0.0427. The molecule has 1 fully saturated rings. The third-order valence-electron chi connectivity index (χ3n) is 5.50. The molecule has 29 heavy (non-hydrogen) atoms. The Bertz CT molecular complexity index is 945. The Hall–Kier alpha value is -2.98. The predicted octanol–water partition coefficient (Wildman–Crippen LogP) is 5.07. The van der Waals surface area contributed by atoms with Gasteiger partial charge in [0.25, 0.3) is 0 Å². The number of nitrogens with zero attached hydrogens (tertiary/aromatic N) is 1. The number of hydrogen-bond acceptors (Lipinski definition) is 2. The van der Waals surface area contributed by atoms with E-state index in [0.717, 1.165) is 24.2 Å². The lowest BCUT2D eigenvalue weighted by Crippen LogP contribution is -2.43. The Kier molecular flexibility index (Phi) is 6.01. The fourth-order valence-electron chi connectivity index (χ4n) is 4.14. The summed E-state index contributed by atoms with van der Waals surface area (Å²) in [5, 5.41) is 3.05. The molecule has 1 heterocycles. The predicted molar refractivity (Wildman–Crippen MR) is 114 cm³/mol. The van der Waals surface area contributed by atoms with Gasteiger partial charge in [-0.3, -0.25) is 9.69 Å². The molecule has 4 rings (SSSR count). The zero-order valence-corrected chi connectivity index (χ0v) is 16.3. The van der Waals surface area contributed by atoms with Crippen LogP contribution in [0, 0.1) is 11.7 Å². The molecule has 1 amide bonds. The lowest BCUT2D eigenvalue weighted by atomic mass is 9.84. The molecule has 3 aromatic rings. The molecule has 0 bridgehead atoms. The average molecular weight is 388 g/mol. The highest BCUT2D eigenvalue weighted by Gasteiger charge is 2.32. The molecule has 1 saturated heterocycles. The molecular weight excluding hydrogens is 363 g/mol. The second-order valence-electron chi connectivity index (χ2n) is 7.72. The monoisotopic (exact) mass is 388 g/mol. The molecule has 0 saturated carbocycles. The summed E-state index contributed by atoms with van der Waals surface area (Å²) in [7, 11) is 0. The molecule has 4 heteroatoms. The smallest absolute Gasteiger partial charge is 0.228 e. The third kappa shape index (κ3) is 5.09. The Balaban J connectivity index is 1.53. The number of nitrogens with one attached hydrogen (secondary N) is 1. The van der Waals surface area contributed by atoms with Gasteiger partial charge in [0.05, 0.1) is 5.92 Å². The molecule has 2 atom stereocenters. The van der Waals surface area contributed by atoms with E-state index in [1.54, 1.807) is 12.1 Å². The summed E-state index contributed by atoms with van der Waals surface area (Å²) in [5.74, 6) is -0.0358. The van der Waals surface area contributed by atoms with Gasteiger partial charge in [0.2, 0.25) is 5.91 Å². The summed E-state index contributed by atoms with van der Waals surface area (Å²) < 4.78 is 13.6. The zero-order valence-electron chi connectivity index (χ0n) is 16.3. The summed E-state index contributed by atoms with van der Waals surface area (Å²) in [6, 6.07) is 26.6. The van der Waals surface area contributed by atoms with Gasteiger partial charge >= 0.3 is 0 Å². The molecule has 3 nitrogen and oxygen atoms in total. The van der Waals surface area contributed by atoms with Gasteiger partial charge in [-0.2, -0.15) is 0 Å². The normalized spacial score (nSPS) is 19.6. The summed E-state index contributed by atoms with van der Waals surface area (Å²) in [4.78, 5) is 15.3. The van der Waals surface area contributed by atoms with Crippen LogP contribution in [-0.4, -0.2) is 23.9 Å².